The molecular weight excluding hydrogens is 687 g/mol. The van der Waals surface area contributed by atoms with Gasteiger partial charge in [-0.1, -0.05) is 152 Å². The minimum atomic E-state index is 0.897. The summed E-state index contributed by atoms with van der Waals surface area (Å²) in [6, 6.07) is 72.1. The lowest BCUT2D eigenvalue weighted by Gasteiger charge is -2.26. The number of benzene rings is 9. The van der Waals surface area contributed by atoms with Crippen molar-refractivity contribution in [3.8, 4) is 33.4 Å². The van der Waals surface area contributed by atoms with E-state index in [1.54, 1.807) is 0 Å². The van der Waals surface area contributed by atoms with Crippen molar-refractivity contribution in [1.29, 1.82) is 0 Å². The fourth-order valence-corrected chi connectivity index (χ4v) is 9.41. The maximum absolute atomic E-state index is 6.48. The molecule has 0 aliphatic rings. The molecule has 0 saturated heterocycles. The van der Waals surface area contributed by atoms with Gasteiger partial charge >= 0.3 is 0 Å². The number of nitrogens with zero attached hydrogens (tertiary/aromatic N) is 1. The van der Waals surface area contributed by atoms with Gasteiger partial charge in [-0.3, -0.25) is 0 Å². The van der Waals surface area contributed by atoms with E-state index in [0.29, 0.717) is 0 Å². The minimum absolute atomic E-state index is 0.897. The summed E-state index contributed by atoms with van der Waals surface area (Å²) >= 11 is 1.88. The smallest absolute Gasteiger partial charge is 0.143 e. The molecule has 0 amide bonds. The number of fused-ring (bicyclic) bond motifs is 8. The molecule has 2 aromatic heterocycles. The van der Waals surface area contributed by atoms with Crippen molar-refractivity contribution in [3.63, 3.8) is 0 Å². The predicted octanol–water partition coefficient (Wildman–Crippen LogP) is 15.6. The van der Waals surface area contributed by atoms with Crippen molar-refractivity contribution in [2.45, 2.75) is 0 Å². The van der Waals surface area contributed by atoms with Gasteiger partial charge in [0, 0.05) is 53.6 Å². The van der Waals surface area contributed by atoms with E-state index in [1.165, 1.54) is 42.1 Å². The molecule has 2 heterocycles. The predicted molar refractivity (Wildman–Crippen MR) is 235 cm³/mol. The first-order chi connectivity index (χ1) is 27.2. The van der Waals surface area contributed by atoms with Crippen molar-refractivity contribution in [2.75, 3.05) is 4.90 Å². The Kier molecular flexibility index (Phi) is 7.39. The van der Waals surface area contributed by atoms with Gasteiger partial charge in [0.2, 0.25) is 0 Å². The number of thiophene rings is 1. The van der Waals surface area contributed by atoms with E-state index in [2.05, 4.69) is 199 Å². The molecule has 0 spiro atoms. The zero-order valence-corrected chi connectivity index (χ0v) is 30.6. The first-order valence-electron chi connectivity index (χ1n) is 18.7. The van der Waals surface area contributed by atoms with Crippen LogP contribution in [-0.2, 0) is 0 Å². The average Bonchev–Trinajstić information content (AvgIpc) is 3.83. The molecule has 2 nitrogen and oxygen atoms in total. The summed E-state index contributed by atoms with van der Waals surface area (Å²) in [5, 5.41) is 7.45. The van der Waals surface area contributed by atoms with Gasteiger partial charge in [0.05, 0.1) is 0 Å². The van der Waals surface area contributed by atoms with Crippen LogP contribution in [0.4, 0.5) is 17.1 Å². The Labute approximate surface area is 322 Å². The van der Waals surface area contributed by atoms with Gasteiger partial charge in [0.1, 0.15) is 11.2 Å². The zero-order chi connectivity index (χ0) is 36.3. The molecule has 11 aromatic rings. The van der Waals surface area contributed by atoms with Crippen LogP contribution in [0.3, 0.4) is 0 Å². The second kappa shape index (κ2) is 12.9. The van der Waals surface area contributed by atoms with E-state index in [4.69, 9.17) is 4.42 Å². The van der Waals surface area contributed by atoms with Crippen LogP contribution < -0.4 is 4.90 Å². The Morgan fingerprint density at radius 1 is 0.364 bits per heavy atom. The molecule has 0 aliphatic carbocycles. The lowest BCUT2D eigenvalue weighted by Crippen LogP contribution is -2.09. The SMILES string of the molecule is c1ccc(-c2ccc(N(c3ccc(-c4ccc5oc6c(-c7ccccc7)cccc6c5c4)cc3)c3ccc4c(c3)sc3c5ccccc5ccc43)cc2)cc1. The monoisotopic (exact) mass is 719 g/mol. The summed E-state index contributed by atoms with van der Waals surface area (Å²) in [7, 11) is 0. The Balaban J connectivity index is 1.00. The van der Waals surface area contributed by atoms with E-state index in [1.807, 2.05) is 17.4 Å². The zero-order valence-electron chi connectivity index (χ0n) is 29.8. The average molecular weight is 720 g/mol. The topological polar surface area (TPSA) is 16.4 Å². The highest BCUT2D eigenvalue weighted by Crippen LogP contribution is 2.44. The Morgan fingerprint density at radius 3 is 1.73 bits per heavy atom. The second-order valence-electron chi connectivity index (χ2n) is 14.1. The molecule has 0 radical (unpaired) electrons. The molecule has 0 saturated carbocycles. The largest absolute Gasteiger partial charge is 0.455 e. The van der Waals surface area contributed by atoms with E-state index < -0.39 is 0 Å². The van der Waals surface area contributed by atoms with Crippen LogP contribution in [-0.4, -0.2) is 0 Å². The van der Waals surface area contributed by atoms with Crippen molar-refractivity contribution in [2.24, 2.45) is 0 Å². The number of hydrogen-bond donors (Lipinski definition) is 0. The number of rotatable bonds is 6. The molecule has 0 unspecified atom stereocenters. The normalized spacial score (nSPS) is 11.6. The number of para-hydroxylation sites is 1. The fraction of sp³-hybridized carbons (Fsp3) is 0. The lowest BCUT2D eigenvalue weighted by molar-refractivity contribution is 0.670. The molecular formula is C52H33NOS. The van der Waals surface area contributed by atoms with E-state index >= 15 is 0 Å². The summed E-state index contributed by atoms with van der Waals surface area (Å²) < 4.78 is 9.10. The van der Waals surface area contributed by atoms with Crippen LogP contribution >= 0.6 is 11.3 Å². The number of anilines is 3. The van der Waals surface area contributed by atoms with Crippen LogP contribution in [0.15, 0.2) is 205 Å². The van der Waals surface area contributed by atoms with Gasteiger partial charge in [0.25, 0.3) is 0 Å². The van der Waals surface area contributed by atoms with Crippen LogP contribution in [0.5, 0.6) is 0 Å². The quantitative estimate of drug-likeness (QED) is 0.170. The highest BCUT2D eigenvalue weighted by atomic mass is 32.1. The third kappa shape index (κ3) is 5.40. The van der Waals surface area contributed by atoms with Gasteiger partial charge in [0.15, 0.2) is 0 Å². The standard InChI is InChI=1S/C52H33NOS/c1-3-10-34(11-4-1)35-18-24-40(25-19-35)53(42-28-30-45-47-29-22-38-14-7-8-15-44(38)52(47)55-50(45)33-42)41-26-20-36(21-27-41)39-23-31-49-48(32-39)46-17-9-16-43(51(46)54-49)37-12-5-2-6-13-37/h1-33H. The lowest BCUT2D eigenvalue weighted by atomic mass is 10.00. The summed E-state index contributed by atoms with van der Waals surface area (Å²) in [5.41, 5.74) is 12.2. The van der Waals surface area contributed by atoms with E-state index in [0.717, 1.165) is 61.3 Å². The van der Waals surface area contributed by atoms with Crippen LogP contribution in [0.1, 0.15) is 0 Å². The Morgan fingerprint density at radius 2 is 0.964 bits per heavy atom. The number of furan rings is 1. The van der Waals surface area contributed by atoms with Gasteiger partial charge in [-0.2, -0.15) is 0 Å². The first-order valence-corrected chi connectivity index (χ1v) is 19.5. The highest BCUT2D eigenvalue weighted by molar-refractivity contribution is 7.26. The molecule has 0 fully saturated rings. The fourth-order valence-electron chi connectivity index (χ4n) is 8.14. The third-order valence-electron chi connectivity index (χ3n) is 10.9. The van der Waals surface area contributed by atoms with E-state index in [-0.39, 0.29) is 0 Å². The molecule has 258 valence electrons. The summed E-state index contributed by atoms with van der Waals surface area (Å²) in [6.45, 7) is 0. The maximum atomic E-state index is 6.48. The molecule has 0 atom stereocenters. The maximum Gasteiger partial charge on any atom is 0.143 e. The van der Waals surface area contributed by atoms with Crippen LogP contribution in [0, 0.1) is 0 Å². The molecule has 55 heavy (non-hydrogen) atoms. The van der Waals surface area contributed by atoms with Gasteiger partial charge < -0.3 is 9.32 Å². The molecule has 0 bridgehead atoms. The minimum Gasteiger partial charge on any atom is -0.455 e. The van der Waals surface area contributed by atoms with Crippen LogP contribution in [0.2, 0.25) is 0 Å². The van der Waals surface area contributed by atoms with Gasteiger partial charge in [-0.05, 0) is 87.1 Å². The van der Waals surface area contributed by atoms with Crippen LogP contribution in [0.25, 0.3) is 86.3 Å². The Bertz CT molecular complexity index is 3180. The Hall–Kier alpha value is -6.94. The number of hydrogen-bond acceptors (Lipinski definition) is 3. The first kappa shape index (κ1) is 31.6. The third-order valence-corrected chi connectivity index (χ3v) is 12.1. The molecule has 0 aliphatic heterocycles. The van der Waals surface area contributed by atoms with E-state index in [9.17, 15) is 0 Å². The van der Waals surface area contributed by atoms with Crippen molar-refractivity contribution < 1.29 is 4.42 Å². The summed E-state index contributed by atoms with van der Waals surface area (Å²) in [6.07, 6.45) is 0. The molecule has 9 aromatic carbocycles. The molecule has 0 N–H and O–H groups in total. The van der Waals surface area contributed by atoms with Crippen molar-refractivity contribution >= 4 is 81.3 Å². The molecule has 11 rings (SSSR count). The van der Waals surface area contributed by atoms with Crippen molar-refractivity contribution in [3.05, 3.63) is 200 Å². The summed E-state index contributed by atoms with van der Waals surface area (Å²) in [5.74, 6) is 0. The van der Waals surface area contributed by atoms with Crippen molar-refractivity contribution in [1.82, 2.24) is 0 Å². The van der Waals surface area contributed by atoms with Gasteiger partial charge in [-0.25, -0.2) is 0 Å². The highest BCUT2D eigenvalue weighted by Gasteiger charge is 2.17. The second-order valence-corrected chi connectivity index (χ2v) is 15.2. The van der Waals surface area contributed by atoms with Gasteiger partial charge in [-0.15, -0.1) is 11.3 Å². The summed E-state index contributed by atoms with van der Waals surface area (Å²) in [4.78, 5) is 2.37. The molecule has 3 heteroatoms.